The number of hydrogen-bond acceptors (Lipinski definition) is 4. The molecule has 3 rings (SSSR count). The van der Waals surface area contributed by atoms with Gasteiger partial charge in [0.1, 0.15) is 11.5 Å². The minimum absolute atomic E-state index is 0.359. The van der Waals surface area contributed by atoms with E-state index in [1.807, 2.05) is 12.1 Å². The molecule has 4 nitrogen and oxygen atoms in total. The maximum Gasteiger partial charge on any atom is 0.290 e. The molecule has 1 fully saturated rings. The predicted molar refractivity (Wildman–Crippen MR) is 87.1 cm³/mol. The van der Waals surface area contributed by atoms with E-state index < -0.39 is 0 Å². The number of rotatable bonds is 3. The van der Waals surface area contributed by atoms with Crippen molar-refractivity contribution in [2.45, 2.75) is 0 Å². The van der Waals surface area contributed by atoms with Crippen LogP contribution < -0.4 is 10.1 Å². The summed E-state index contributed by atoms with van der Waals surface area (Å²) in [5.74, 6) is 0.864. The molecule has 2 amide bonds. The van der Waals surface area contributed by atoms with Gasteiger partial charge < -0.3 is 4.74 Å². The van der Waals surface area contributed by atoms with Gasteiger partial charge in [-0.1, -0.05) is 29.8 Å². The van der Waals surface area contributed by atoms with Gasteiger partial charge in [0.05, 0.1) is 4.91 Å². The molecule has 0 radical (unpaired) electrons. The summed E-state index contributed by atoms with van der Waals surface area (Å²) in [5.41, 5.74) is 0.770. The molecule has 1 saturated heterocycles. The maximum absolute atomic E-state index is 11.5. The zero-order chi connectivity index (χ0) is 15.5. The predicted octanol–water partition coefficient (Wildman–Crippen LogP) is 4.46. The third kappa shape index (κ3) is 3.50. The van der Waals surface area contributed by atoms with E-state index in [9.17, 15) is 9.59 Å². The first kappa shape index (κ1) is 14.7. The molecular weight excluding hydrogens is 322 g/mol. The number of imide groups is 1. The summed E-state index contributed by atoms with van der Waals surface area (Å²) in [7, 11) is 0. The molecule has 0 aliphatic carbocycles. The molecule has 0 unspecified atom stereocenters. The van der Waals surface area contributed by atoms with Crippen LogP contribution in [0.1, 0.15) is 5.56 Å². The molecule has 1 N–H and O–H groups in total. The van der Waals surface area contributed by atoms with Crippen LogP contribution in [0, 0.1) is 0 Å². The largest absolute Gasteiger partial charge is 0.457 e. The number of halogens is 1. The smallest absolute Gasteiger partial charge is 0.290 e. The first-order valence-electron chi connectivity index (χ1n) is 6.38. The van der Waals surface area contributed by atoms with Crippen molar-refractivity contribution in [3.63, 3.8) is 0 Å². The van der Waals surface area contributed by atoms with E-state index in [1.165, 1.54) is 0 Å². The molecular formula is C16H10ClNO3S. The Kier molecular flexibility index (Phi) is 4.18. The molecule has 1 aliphatic rings. The zero-order valence-electron chi connectivity index (χ0n) is 11.2. The Hall–Kier alpha value is -2.24. The van der Waals surface area contributed by atoms with Gasteiger partial charge in [-0.15, -0.1) is 0 Å². The summed E-state index contributed by atoms with van der Waals surface area (Å²) < 4.78 is 5.72. The zero-order valence-corrected chi connectivity index (χ0v) is 12.8. The topological polar surface area (TPSA) is 55.4 Å². The molecule has 1 heterocycles. The standard InChI is InChI=1S/C16H10ClNO3S/c17-11-4-2-6-13(9-11)21-12-5-1-3-10(7-12)8-14-15(19)18-16(20)22-14/h1-9H,(H,18,19,20). The van der Waals surface area contributed by atoms with Crippen LogP contribution in [0.25, 0.3) is 6.08 Å². The highest BCUT2D eigenvalue weighted by Gasteiger charge is 2.24. The van der Waals surface area contributed by atoms with Crippen LogP contribution in [0.2, 0.25) is 5.02 Å². The SMILES string of the molecule is O=C1NC(=O)C(=Cc2cccc(Oc3cccc(Cl)c3)c2)S1. The Morgan fingerprint density at radius 1 is 1.05 bits per heavy atom. The van der Waals surface area contributed by atoms with Crippen LogP contribution in [0.15, 0.2) is 53.4 Å². The van der Waals surface area contributed by atoms with Crippen molar-refractivity contribution < 1.29 is 14.3 Å². The third-order valence-corrected chi connectivity index (χ3v) is 3.88. The third-order valence-electron chi connectivity index (χ3n) is 2.83. The Labute approximate surface area is 136 Å². The van der Waals surface area contributed by atoms with Gasteiger partial charge in [0.2, 0.25) is 0 Å². The van der Waals surface area contributed by atoms with E-state index in [1.54, 1.807) is 42.5 Å². The second-order valence-corrected chi connectivity index (χ2v) is 5.94. The van der Waals surface area contributed by atoms with Crippen molar-refractivity contribution in [1.82, 2.24) is 5.32 Å². The first-order valence-corrected chi connectivity index (χ1v) is 7.58. The number of ether oxygens (including phenoxy) is 1. The van der Waals surface area contributed by atoms with Crippen LogP contribution in [-0.2, 0) is 4.79 Å². The summed E-state index contributed by atoms with van der Waals surface area (Å²) in [6.07, 6.45) is 1.65. The van der Waals surface area contributed by atoms with Crippen LogP contribution in [0.5, 0.6) is 11.5 Å². The molecule has 1 aliphatic heterocycles. The van der Waals surface area contributed by atoms with E-state index in [2.05, 4.69) is 5.32 Å². The minimum Gasteiger partial charge on any atom is -0.457 e. The van der Waals surface area contributed by atoms with Gasteiger partial charge in [0.25, 0.3) is 11.1 Å². The molecule has 0 saturated carbocycles. The van der Waals surface area contributed by atoms with Gasteiger partial charge in [-0.2, -0.15) is 0 Å². The van der Waals surface area contributed by atoms with E-state index >= 15 is 0 Å². The fourth-order valence-electron chi connectivity index (χ4n) is 1.91. The molecule has 0 aromatic heterocycles. The average molecular weight is 332 g/mol. The molecule has 6 heteroatoms. The van der Waals surface area contributed by atoms with Crippen LogP contribution in [-0.4, -0.2) is 11.1 Å². The first-order chi connectivity index (χ1) is 10.6. The molecule has 110 valence electrons. The summed E-state index contributed by atoms with van der Waals surface area (Å²) in [4.78, 5) is 23.0. The van der Waals surface area contributed by atoms with Gasteiger partial charge >= 0.3 is 0 Å². The van der Waals surface area contributed by atoms with E-state index in [4.69, 9.17) is 16.3 Å². The van der Waals surface area contributed by atoms with Crippen molar-refractivity contribution in [3.8, 4) is 11.5 Å². The molecule has 0 spiro atoms. The van der Waals surface area contributed by atoms with Crippen LogP contribution in [0.3, 0.4) is 0 Å². The summed E-state index contributed by atoms with van der Waals surface area (Å²) >= 11 is 6.80. The lowest BCUT2D eigenvalue weighted by Crippen LogP contribution is -2.17. The fraction of sp³-hybridized carbons (Fsp3) is 0. The Morgan fingerprint density at radius 3 is 2.45 bits per heavy atom. The second-order valence-electron chi connectivity index (χ2n) is 4.48. The van der Waals surface area contributed by atoms with Crippen molar-refractivity contribution in [2.24, 2.45) is 0 Å². The van der Waals surface area contributed by atoms with E-state index in [0.29, 0.717) is 21.4 Å². The molecule has 0 bridgehead atoms. The average Bonchev–Trinajstić information content (AvgIpc) is 2.77. The Bertz CT molecular complexity index is 788. The fourth-order valence-corrected chi connectivity index (χ4v) is 2.77. The lowest BCUT2D eigenvalue weighted by molar-refractivity contribution is -0.115. The van der Waals surface area contributed by atoms with Crippen LogP contribution in [0.4, 0.5) is 4.79 Å². The van der Waals surface area contributed by atoms with Crippen molar-refractivity contribution in [1.29, 1.82) is 0 Å². The number of nitrogens with one attached hydrogen (secondary N) is 1. The molecule has 2 aromatic rings. The molecule has 22 heavy (non-hydrogen) atoms. The van der Waals surface area contributed by atoms with Gasteiger partial charge in [0, 0.05) is 5.02 Å². The quantitative estimate of drug-likeness (QED) is 0.844. The number of hydrogen-bond donors (Lipinski definition) is 1. The normalized spacial score (nSPS) is 16.0. The lowest BCUT2D eigenvalue weighted by Gasteiger charge is -2.06. The highest BCUT2D eigenvalue weighted by Crippen LogP contribution is 2.28. The number of thioether (sulfide) groups is 1. The Morgan fingerprint density at radius 2 is 1.77 bits per heavy atom. The van der Waals surface area contributed by atoms with Gasteiger partial charge in [-0.05, 0) is 53.7 Å². The van der Waals surface area contributed by atoms with Gasteiger partial charge in [-0.25, -0.2) is 0 Å². The second kappa shape index (κ2) is 6.25. The van der Waals surface area contributed by atoms with Crippen LogP contribution >= 0.6 is 23.4 Å². The monoisotopic (exact) mass is 331 g/mol. The van der Waals surface area contributed by atoms with E-state index in [-0.39, 0.29) is 11.1 Å². The summed E-state index contributed by atoms with van der Waals surface area (Å²) in [6, 6.07) is 14.3. The van der Waals surface area contributed by atoms with E-state index in [0.717, 1.165) is 17.3 Å². The van der Waals surface area contributed by atoms with Gasteiger partial charge in [0.15, 0.2) is 0 Å². The minimum atomic E-state index is -0.379. The van der Waals surface area contributed by atoms with Crippen molar-refractivity contribution in [3.05, 3.63) is 64.0 Å². The van der Waals surface area contributed by atoms with Gasteiger partial charge in [-0.3, -0.25) is 14.9 Å². The maximum atomic E-state index is 11.5. The lowest BCUT2D eigenvalue weighted by atomic mass is 10.2. The number of amides is 2. The highest BCUT2D eigenvalue weighted by molar-refractivity contribution is 8.18. The summed E-state index contributed by atoms with van der Waals surface area (Å²) in [6.45, 7) is 0. The molecule has 0 atom stereocenters. The number of carbonyl (C=O) groups excluding carboxylic acids is 2. The number of benzene rings is 2. The molecule has 2 aromatic carbocycles. The van der Waals surface area contributed by atoms with Crippen molar-refractivity contribution in [2.75, 3.05) is 0 Å². The van der Waals surface area contributed by atoms with Crippen molar-refractivity contribution >= 4 is 40.6 Å². The summed E-state index contributed by atoms with van der Waals surface area (Å²) in [5, 5.41) is 2.45. The number of carbonyl (C=O) groups is 2. The highest BCUT2D eigenvalue weighted by atomic mass is 35.5. The Balaban J connectivity index is 1.82.